The Morgan fingerprint density at radius 2 is 1.30 bits per heavy atom. The summed E-state index contributed by atoms with van der Waals surface area (Å²) in [5.74, 6) is -4.87. The monoisotopic (exact) mass is 1050 g/mol. The number of likely N-dealkylation sites (N-methyl/N-ethyl adjacent to an activating group) is 1. The third-order valence-corrected chi connectivity index (χ3v) is 13.5. The number of unbranched alkanes of at least 4 members (excludes halogenated alkanes) is 5. The Bertz CT molecular complexity index is 1830. The van der Waals surface area contributed by atoms with Crippen molar-refractivity contribution in [2.24, 2.45) is 5.92 Å². The largest absolute Gasteiger partial charge is 0.355 e. The molecule has 1 fully saturated rings. The molecule has 0 aromatic carbocycles. The van der Waals surface area contributed by atoms with Crippen molar-refractivity contribution in [2.45, 2.75) is 208 Å². The van der Waals surface area contributed by atoms with Gasteiger partial charge in [0.2, 0.25) is 41.4 Å². The second-order valence-electron chi connectivity index (χ2n) is 21.8. The smallest absolute Gasteiger partial charge is 0.261 e. The number of hydroxylamine groups is 1. The molecule has 0 aliphatic carbocycles. The summed E-state index contributed by atoms with van der Waals surface area (Å²) >= 11 is 1.48. The number of nitrogens with one attached hydrogen (secondary N) is 7. The summed E-state index contributed by atoms with van der Waals surface area (Å²) in [6.07, 6.45) is 8.79. The predicted octanol–water partition coefficient (Wildman–Crippen LogP) is 2.77. The van der Waals surface area contributed by atoms with Crippen LogP contribution < -0.4 is 37.4 Å². The highest BCUT2D eigenvalue weighted by molar-refractivity contribution is 7.96. The van der Waals surface area contributed by atoms with Gasteiger partial charge in [-0.1, -0.05) is 71.2 Å². The molecule has 3 atom stereocenters. The van der Waals surface area contributed by atoms with Crippen LogP contribution in [0.15, 0.2) is 0 Å². The summed E-state index contributed by atoms with van der Waals surface area (Å²) in [6, 6.07) is -2.51. The van der Waals surface area contributed by atoms with Crippen LogP contribution in [0.3, 0.4) is 0 Å². The first-order valence-corrected chi connectivity index (χ1v) is 27.4. The summed E-state index contributed by atoms with van der Waals surface area (Å²) in [5, 5.41) is 16.3. The third kappa shape index (κ3) is 22.9. The number of hydrogen-bond donors (Lipinski definition) is 7. The maximum absolute atomic E-state index is 14.2. The van der Waals surface area contributed by atoms with Gasteiger partial charge in [0.1, 0.15) is 28.7 Å². The normalized spacial score (nSPS) is 15.2. The van der Waals surface area contributed by atoms with Gasteiger partial charge in [0.05, 0.1) is 13.1 Å². The van der Waals surface area contributed by atoms with Crippen LogP contribution in [-0.4, -0.2) is 179 Å². The van der Waals surface area contributed by atoms with Gasteiger partial charge in [-0.25, -0.2) is 9.79 Å². The van der Waals surface area contributed by atoms with Crippen LogP contribution in [-0.2, 0) is 48.0 Å². The molecule has 73 heavy (non-hydrogen) atoms. The fourth-order valence-corrected chi connectivity index (χ4v) is 9.30. The average molecular weight is 1050 g/mol. The molecule has 1 aliphatic heterocycles. The Labute approximate surface area is 441 Å². The zero-order chi connectivity index (χ0) is 55.9. The second kappa shape index (κ2) is 32.0. The Hall–Kier alpha value is -4.54. The lowest BCUT2D eigenvalue weighted by Crippen LogP contribution is -2.65. The molecule has 0 radical (unpaired) electrons. The molecule has 1 heterocycles. The summed E-state index contributed by atoms with van der Waals surface area (Å²) < 4.78 is 1.97. The molecule has 21 nitrogen and oxygen atoms in total. The van der Waals surface area contributed by atoms with Gasteiger partial charge < -0.3 is 46.6 Å². The highest BCUT2D eigenvalue weighted by Gasteiger charge is 2.43. The minimum atomic E-state index is -1.56. The molecular weight excluding hydrogens is 959 g/mol. The first-order valence-electron chi connectivity index (χ1n) is 26.2. The molecule has 1 rings (SSSR count). The quantitative estimate of drug-likeness (QED) is 0.0278. The van der Waals surface area contributed by atoms with Crippen LogP contribution >= 0.6 is 11.9 Å². The van der Waals surface area contributed by atoms with Gasteiger partial charge in [-0.2, -0.15) is 0 Å². The molecule has 0 spiro atoms. The van der Waals surface area contributed by atoms with E-state index in [1.807, 2.05) is 43.4 Å². The summed E-state index contributed by atoms with van der Waals surface area (Å²) in [5.41, 5.74) is -2.01. The molecule has 0 bridgehead atoms. The molecule has 0 aromatic heterocycles. The standard InChI is InChI=1S/C51H95N11O10S/c1-17-18-19-20-21-22-25-39(72-58-44(67)37-24-23-29-60(37)73-16)45(68)54-33-42(65)62(36(6)7)51(12,13)48(71)55-32-41(64)61(35(4)5)38(31-34(2)3)43(66)56-50(10,11)47(70)57-49(8,9)46(69)53-27-26-40(63)52-28-30-59(14)15/h34-39H,17-33H2,1-16H3,(H,52,63)(H,53,69)(H,54,68)(H,55,71)(H,56,66)(H,57,70)(H,58,67)/t37?,38?,39-/m0/s1. The van der Waals surface area contributed by atoms with E-state index < -0.39 is 95.3 Å². The van der Waals surface area contributed by atoms with Crippen molar-refractivity contribution in [1.82, 2.24) is 56.4 Å². The Morgan fingerprint density at radius 1 is 0.699 bits per heavy atom. The Morgan fingerprint density at radius 3 is 1.88 bits per heavy atom. The van der Waals surface area contributed by atoms with Gasteiger partial charge in [-0.15, -0.1) is 0 Å². The lowest BCUT2D eigenvalue weighted by molar-refractivity contribution is -0.153. The van der Waals surface area contributed by atoms with Crippen LogP contribution in [0.4, 0.5) is 0 Å². The zero-order valence-electron chi connectivity index (χ0n) is 47.3. The van der Waals surface area contributed by atoms with Gasteiger partial charge in [0, 0.05) is 44.7 Å². The first-order chi connectivity index (χ1) is 33.9. The summed E-state index contributed by atoms with van der Waals surface area (Å²) in [4.78, 5) is 132. The van der Waals surface area contributed by atoms with E-state index in [-0.39, 0.29) is 43.2 Å². The molecule has 22 heteroatoms. The van der Waals surface area contributed by atoms with E-state index in [1.54, 1.807) is 27.7 Å². The van der Waals surface area contributed by atoms with Crippen molar-refractivity contribution in [3.63, 3.8) is 0 Å². The molecular formula is C51H95N11O10S. The third-order valence-electron chi connectivity index (χ3n) is 12.6. The van der Waals surface area contributed by atoms with Crippen molar-refractivity contribution in [3.8, 4) is 0 Å². The van der Waals surface area contributed by atoms with Gasteiger partial charge in [0.15, 0.2) is 6.10 Å². The molecule has 0 saturated carbocycles. The number of nitrogens with zero attached hydrogens (tertiary/aromatic N) is 4. The molecule has 2 unspecified atom stereocenters. The van der Waals surface area contributed by atoms with Crippen LogP contribution in [0.5, 0.6) is 0 Å². The zero-order valence-corrected chi connectivity index (χ0v) is 48.1. The van der Waals surface area contributed by atoms with E-state index in [0.29, 0.717) is 32.4 Å². The lowest BCUT2D eigenvalue weighted by atomic mass is 9.96. The fourth-order valence-electron chi connectivity index (χ4n) is 8.53. The minimum Gasteiger partial charge on any atom is -0.355 e. The van der Waals surface area contributed by atoms with Crippen molar-refractivity contribution in [3.05, 3.63) is 0 Å². The van der Waals surface area contributed by atoms with E-state index in [9.17, 15) is 43.2 Å². The number of carbonyl (C=O) groups excluding carboxylic acids is 9. The minimum absolute atomic E-state index is 0.0465. The van der Waals surface area contributed by atoms with E-state index in [2.05, 4.69) is 44.3 Å². The second-order valence-corrected chi connectivity index (χ2v) is 22.7. The predicted molar refractivity (Wildman–Crippen MR) is 285 cm³/mol. The lowest BCUT2D eigenvalue weighted by Gasteiger charge is -2.41. The molecule has 420 valence electrons. The van der Waals surface area contributed by atoms with Crippen molar-refractivity contribution < 1.29 is 48.0 Å². The van der Waals surface area contributed by atoms with Crippen LogP contribution in [0, 0.1) is 5.92 Å². The van der Waals surface area contributed by atoms with E-state index in [0.717, 1.165) is 45.1 Å². The van der Waals surface area contributed by atoms with E-state index >= 15 is 0 Å². The molecule has 1 saturated heterocycles. The highest BCUT2D eigenvalue weighted by atomic mass is 32.2. The van der Waals surface area contributed by atoms with Crippen LogP contribution in [0.1, 0.15) is 161 Å². The fraction of sp³-hybridized carbons (Fsp3) is 0.824. The summed E-state index contributed by atoms with van der Waals surface area (Å²) in [7, 11) is 3.78. The average Bonchev–Trinajstić information content (AvgIpc) is 3.77. The van der Waals surface area contributed by atoms with Crippen LogP contribution in [0.2, 0.25) is 0 Å². The maximum atomic E-state index is 14.2. The van der Waals surface area contributed by atoms with Crippen molar-refractivity contribution in [2.75, 3.05) is 59.6 Å². The first kappa shape index (κ1) is 66.5. The topological polar surface area (TPSA) is 260 Å². The van der Waals surface area contributed by atoms with Crippen molar-refractivity contribution in [1.29, 1.82) is 0 Å². The molecule has 0 aromatic rings. The molecule has 9 amide bonds. The van der Waals surface area contributed by atoms with E-state index in [4.69, 9.17) is 4.84 Å². The van der Waals surface area contributed by atoms with Gasteiger partial charge in [-0.05, 0) is 121 Å². The Balaban J connectivity index is 3.11. The highest BCUT2D eigenvalue weighted by Crippen LogP contribution is 2.24. The van der Waals surface area contributed by atoms with Gasteiger partial charge in [-0.3, -0.25) is 48.0 Å². The number of amides is 9. The van der Waals surface area contributed by atoms with E-state index in [1.165, 1.54) is 63.3 Å². The molecule has 7 N–H and O–H groups in total. The Kier molecular flexibility index (Phi) is 29.2. The van der Waals surface area contributed by atoms with Gasteiger partial charge >= 0.3 is 0 Å². The number of carbonyl (C=O) groups is 9. The summed E-state index contributed by atoms with van der Waals surface area (Å²) in [6.45, 7) is 22.8. The van der Waals surface area contributed by atoms with Crippen LogP contribution in [0.25, 0.3) is 0 Å². The molecule has 1 aliphatic rings. The van der Waals surface area contributed by atoms with Crippen molar-refractivity contribution >= 4 is 65.1 Å². The van der Waals surface area contributed by atoms with Gasteiger partial charge in [0.25, 0.3) is 11.8 Å². The maximum Gasteiger partial charge on any atom is 0.261 e. The number of rotatable bonds is 34. The SMILES string of the molecule is CCCCCCCC[C@H](ONC(=O)C1CCCN1SC)C(=O)NCC(=O)N(C(C)C)C(C)(C)C(=O)NCC(=O)N(C(C)C)C(CC(C)C)C(=O)NC(C)(C)C(=O)NC(C)(C)C(=O)NCCC(=O)NCCN(C)C. The number of hydrogen-bond acceptors (Lipinski definition) is 13.